The van der Waals surface area contributed by atoms with Gasteiger partial charge in [-0.15, -0.1) is 5.10 Å². The van der Waals surface area contributed by atoms with Gasteiger partial charge in [-0.05, 0) is 48.4 Å². The first-order valence-corrected chi connectivity index (χ1v) is 11.7. The molecule has 2 aromatic heterocycles. The van der Waals surface area contributed by atoms with Crippen LogP contribution in [0.15, 0.2) is 48.7 Å². The number of esters is 1. The van der Waals surface area contributed by atoms with Gasteiger partial charge in [0.15, 0.2) is 5.54 Å². The number of carbonyl (C=O) groups is 1. The second-order valence-corrected chi connectivity index (χ2v) is 9.49. The molecule has 3 aromatic rings. The lowest BCUT2D eigenvalue weighted by Gasteiger charge is -2.47. The first-order chi connectivity index (χ1) is 17.2. The third-order valence-corrected chi connectivity index (χ3v) is 7.50. The number of tetrazole rings is 1. The highest BCUT2D eigenvalue weighted by Gasteiger charge is 2.70. The van der Waals surface area contributed by atoms with Crippen molar-refractivity contribution in [3.63, 3.8) is 0 Å². The highest BCUT2D eigenvalue weighted by molar-refractivity contribution is 5.82. The molecule has 1 saturated heterocycles. The molecule has 10 heteroatoms. The van der Waals surface area contributed by atoms with Crippen LogP contribution in [0.3, 0.4) is 0 Å². The SMILES string of the molecule is Cc1nnnn1[C@@]12CC(F)(F)C(C)[C@H](/C=C/c3ccc(-c4ccccc4C#N)cn3)C1[C@@H](C)OC2=O. The van der Waals surface area contributed by atoms with Crippen molar-refractivity contribution in [2.45, 2.75) is 44.8 Å². The van der Waals surface area contributed by atoms with Crippen LogP contribution in [0.2, 0.25) is 0 Å². The van der Waals surface area contributed by atoms with Crippen molar-refractivity contribution in [2.24, 2.45) is 17.8 Å². The molecule has 1 saturated carbocycles. The van der Waals surface area contributed by atoms with Crippen LogP contribution in [0, 0.1) is 36.0 Å². The third-order valence-electron chi connectivity index (χ3n) is 7.50. The third kappa shape index (κ3) is 3.58. The smallest absolute Gasteiger partial charge is 0.335 e. The van der Waals surface area contributed by atoms with E-state index in [9.17, 15) is 10.1 Å². The van der Waals surface area contributed by atoms with Gasteiger partial charge in [-0.1, -0.05) is 37.3 Å². The maximum atomic E-state index is 15.4. The highest BCUT2D eigenvalue weighted by Crippen LogP contribution is 2.58. The summed E-state index contributed by atoms with van der Waals surface area (Å²) >= 11 is 0. The molecule has 0 amide bonds. The number of nitrogens with zero attached hydrogens (tertiary/aromatic N) is 6. The fraction of sp³-hybridized carbons (Fsp3) is 0.385. The monoisotopic (exact) mass is 490 g/mol. The standard InChI is InChI=1S/C26H24F2N6O2/c1-15-21(11-10-20-9-8-19(13-30-20)22-7-5-4-6-18(22)12-29)23-16(2)36-24(35)25(23,14-26(15,27)28)34-17(3)31-32-33-34/h4-11,13,15-16,21,23H,14H2,1-3H3/b11-10+/t15?,16-,21+,23?,25+/m1/s1. The summed E-state index contributed by atoms with van der Waals surface area (Å²) in [5, 5.41) is 20.7. The van der Waals surface area contributed by atoms with Crippen molar-refractivity contribution < 1.29 is 18.3 Å². The fourth-order valence-corrected chi connectivity index (χ4v) is 5.70. The summed E-state index contributed by atoms with van der Waals surface area (Å²) in [6.07, 6.45) is 3.70. The van der Waals surface area contributed by atoms with Crippen molar-refractivity contribution in [3.05, 3.63) is 65.8 Å². The average molecular weight is 491 g/mol. The maximum absolute atomic E-state index is 15.4. The summed E-state index contributed by atoms with van der Waals surface area (Å²) in [7, 11) is 0. The van der Waals surface area contributed by atoms with Crippen molar-refractivity contribution in [1.29, 1.82) is 5.26 Å². The predicted molar refractivity (Wildman–Crippen MR) is 125 cm³/mol. The highest BCUT2D eigenvalue weighted by atomic mass is 19.3. The van der Waals surface area contributed by atoms with Gasteiger partial charge in [0.05, 0.1) is 17.3 Å². The number of rotatable bonds is 4. The molecule has 2 fully saturated rings. The molecule has 5 rings (SSSR count). The number of benzene rings is 1. The number of halogens is 2. The zero-order chi connectivity index (χ0) is 25.7. The molecule has 8 nitrogen and oxygen atoms in total. The van der Waals surface area contributed by atoms with E-state index in [2.05, 4.69) is 26.6 Å². The van der Waals surface area contributed by atoms with Crippen molar-refractivity contribution in [2.75, 3.05) is 0 Å². The molecular weight excluding hydrogens is 466 g/mol. The van der Waals surface area contributed by atoms with Crippen LogP contribution in [0.5, 0.6) is 0 Å². The van der Waals surface area contributed by atoms with Gasteiger partial charge in [0.2, 0.25) is 0 Å². The molecule has 0 bridgehead atoms. The summed E-state index contributed by atoms with van der Waals surface area (Å²) in [6, 6.07) is 13.0. The fourth-order valence-electron chi connectivity index (χ4n) is 5.70. The number of carbonyl (C=O) groups excluding carboxylic acids is 1. The first-order valence-electron chi connectivity index (χ1n) is 11.7. The molecule has 0 spiro atoms. The van der Waals surface area contributed by atoms with Crippen LogP contribution in [-0.4, -0.2) is 43.2 Å². The Bertz CT molecular complexity index is 1380. The topological polar surface area (TPSA) is 107 Å². The van der Waals surface area contributed by atoms with E-state index in [1.54, 1.807) is 50.4 Å². The minimum absolute atomic E-state index is 0.272. The van der Waals surface area contributed by atoms with E-state index in [1.165, 1.54) is 11.6 Å². The van der Waals surface area contributed by atoms with E-state index in [0.29, 0.717) is 11.3 Å². The Morgan fingerprint density at radius 1 is 1.22 bits per heavy atom. The molecular formula is C26H24F2N6O2. The molecule has 2 aliphatic rings. The number of allylic oxidation sites excluding steroid dienone is 1. The lowest BCUT2D eigenvalue weighted by Crippen LogP contribution is -2.59. The first kappa shape index (κ1) is 23.7. The molecule has 1 aromatic carbocycles. The number of aryl methyl sites for hydroxylation is 1. The second kappa shape index (κ2) is 8.59. The van der Waals surface area contributed by atoms with Crippen LogP contribution in [0.1, 0.15) is 37.4 Å². The molecule has 2 unspecified atom stereocenters. The van der Waals surface area contributed by atoms with Gasteiger partial charge < -0.3 is 4.74 Å². The number of nitriles is 1. The van der Waals surface area contributed by atoms with E-state index in [0.717, 1.165) is 11.1 Å². The Labute approximate surface area is 206 Å². The lowest BCUT2D eigenvalue weighted by molar-refractivity contribution is -0.169. The number of aromatic nitrogens is 5. The van der Waals surface area contributed by atoms with Crippen molar-refractivity contribution in [3.8, 4) is 17.2 Å². The number of pyridine rings is 1. The van der Waals surface area contributed by atoms with Crippen LogP contribution in [0.4, 0.5) is 8.78 Å². The van der Waals surface area contributed by atoms with E-state index in [-0.39, 0.29) is 5.82 Å². The van der Waals surface area contributed by atoms with Crippen molar-refractivity contribution >= 4 is 12.0 Å². The van der Waals surface area contributed by atoms with Gasteiger partial charge in [0.25, 0.3) is 5.92 Å². The van der Waals surface area contributed by atoms with Gasteiger partial charge in [-0.2, -0.15) is 5.26 Å². The Kier molecular flexibility index (Phi) is 5.66. The molecule has 1 aliphatic carbocycles. The summed E-state index contributed by atoms with van der Waals surface area (Å²) in [5.74, 6) is -5.99. The maximum Gasteiger partial charge on any atom is 0.335 e. The number of cyclic esters (lactones) is 1. The van der Waals surface area contributed by atoms with Crippen LogP contribution in [0.25, 0.3) is 17.2 Å². The van der Waals surface area contributed by atoms with Crippen molar-refractivity contribution in [1.82, 2.24) is 25.2 Å². The zero-order valence-electron chi connectivity index (χ0n) is 20.0. The van der Waals surface area contributed by atoms with Crippen LogP contribution in [-0.2, 0) is 15.1 Å². The second-order valence-electron chi connectivity index (χ2n) is 9.49. The zero-order valence-corrected chi connectivity index (χ0v) is 20.0. The quantitative estimate of drug-likeness (QED) is 0.505. The molecule has 1 aliphatic heterocycles. The number of alkyl halides is 2. The number of ether oxygens (including phenoxy) is 1. The van der Waals surface area contributed by atoms with E-state index < -0.39 is 47.7 Å². The van der Waals surface area contributed by atoms with Crippen LogP contribution < -0.4 is 0 Å². The summed E-state index contributed by atoms with van der Waals surface area (Å²) < 4.78 is 37.6. The van der Waals surface area contributed by atoms with Crippen LogP contribution >= 0.6 is 0 Å². The Morgan fingerprint density at radius 3 is 2.67 bits per heavy atom. The summed E-state index contributed by atoms with van der Waals surface area (Å²) in [6.45, 7) is 4.80. The molecule has 184 valence electrons. The molecule has 5 atom stereocenters. The van der Waals surface area contributed by atoms with Gasteiger partial charge in [0.1, 0.15) is 11.9 Å². The predicted octanol–water partition coefficient (Wildman–Crippen LogP) is 4.18. The van der Waals surface area contributed by atoms with Gasteiger partial charge in [-0.3, -0.25) is 4.98 Å². The van der Waals surface area contributed by atoms with Gasteiger partial charge in [-0.25, -0.2) is 18.3 Å². The number of hydrogen-bond donors (Lipinski definition) is 0. The Balaban J connectivity index is 1.51. The minimum Gasteiger partial charge on any atom is -0.460 e. The number of hydrogen-bond acceptors (Lipinski definition) is 7. The summed E-state index contributed by atoms with van der Waals surface area (Å²) in [5.41, 5.74) is 0.946. The summed E-state index contributed by atoms with van der Waals surface area (Å²) in [4.78, 5) is 17.6. The Morgan fingerprint density at radius 2 is 2.00 bits per heavy atom. The molecule has 3 heterocycles. The lowest BCUT2D eigenvalue weighted by atomic mass is 9.60. The average Bonchev–Trinajstić information content (AvgIpc) is 3.40. The van der Waals surface area contributed by atoms with E-state index in [1.807, 2.05) is 18.2 Å². The molecule has 36 heavy (non-hydrogen) atoms. The van der Waals surface area contributed by atoms with E-state index in [4.69, 9.17) is 4.74 Å². The van der Waals surface area contributed by atoms with E-state index >= 15 is 8.78 Å². The molecule has 0 radical (unpaired) electrons. The Hall–Kier alpha value is -4.00. The largest absolute Gasteiger partial charge is 0.460 e. The molecule has 0 N–H and O–H groups in total. The minimum atomic E-state index is -3.16. The van der Waals surface area contributed by atoms with Gasteiger partial charge in [0, 0.05) is 35.6 Å². The number of fused-ring (bicyclic) bond motifs is 1. The normalized spacial score (nSPS) is 29.1. The van der Waals surface area contributed by atoms with Gasteiger partial charge >= 0.3 is 5.97 Å².